The van der Waals surface area contributed by atoms with Crippen molar-refractivity contribution in [1.82, 2.24) is 0 Å². The van der Waals surface area contributed by atoms with Crippen LogP contribution in [0, 0.1) is 6.92 Å². The summed E-state index contributed by atoms with van der Waals surface area (Å²) in [4.78, 5) is 2.57. The summed E-state index contributed by atoms with van der Waals surface area (Å²) in [6.07, 6.45) is 0.810. The average molecular weight is 98.1 g/mol. The van der Waals surface area contributed by atoms with Crippen LogP contribution in [0.4, 0.5) is 0 Å². The van der Waals surface area contributed by atoms with E-state index in [1.165, 1.54) is 0 Å². The molecule has 0 aliphatic rings. The Bertz CT molecular complexity index is 82.9. The summed E-state index contributed by atoms with van der Waals surface area (Å²) in [5.74, 6) is 0. The lowest BCUT2D eigenvalue weighted by atomic mass is 10.3. The van der Waals surface area contributed by atoms with E-state index in [1.54, 1.807) is 0 Å². The molecule has 0 bridgehead atoms. The fraction of sp³-hybridized carbons (Fsp3) is 0.750. The van der Waals surface area contributed by atoms with Crippen LogP contribution < -0.4 is 0 Å². The summed E-state index contributed by atoms with van der Waals surface area (Å²) in [6.45, 7) is 5.45. The van der Waals surface area contributed by atoms with Crippen LogP contribution in [0.15, 0.2) is 5.11 Å². The summed E-state index contributed by atoms with van der Waals surface area (Å²) >= 11 is 0. The van der Waals surface area contributed by atoms with E-state index in [-0.39, 0.29) is 6.04 Å². The van der Waals surface area contributed by atoms with Crippen molar-refractivity contribution in [3.63, 3.8) is 0 Å². The molecule has 0 rings (SSSR count). The zero-order valence-corrected chi connectivity index (χ0v) is 4.33. The Morgan fingerprint density at radius 1 is 2.00 bits per heavy atom. The Labute approximate surface area is 43.0 Å². The molecule has 39 valence electrons. The smallest absolute Gasteiger partial charge is 0.0371 e. The number of azide groups is 1. The first-order valence-electron chi connectivity index (χ1n) is 2.18. The van der Waals surface area contributed by atoms with Gasteiger partial charge < -0.3 is 0 Å². The van der Waals surface area contributed by atoms with Gasteiger partial charge in [0, 0.05) is 11.0 Å². The van der Waals surface area contributed by atoms with Crippen molar-refractivity contribution in [2.45, 2.75) is 19.4 Å². The van der Waals surface area contributed by atoms with E-state index in [0.717, 1.165) is 6.42 Å². The highest BCUT2D eigenvalue weighted by molar-refractivity contribution is 4.65. The summed E-state index contributed by atoms with van der Waals surface area (Å²) in [7, 11) is 0. The maximum atomic E-state index is 7.79. The third-order valence-corrected chi connectivity index (χ3v) is 0.686. The van der Waals surface area contributed by atoms with E-state index >= 15 is 0 Å². The largest absolute Gasteiger partial charge is 0.0906 e. The Morgan fingerprint density at radius 3 is 2.71 bits per heavy atom. The molecule has 0 aromatic carbocycles. The van der Waals surface area contributed by atoms with Crippen LogP contribution in [0.3, 0.4) is 0 Å². The minimum Gasteiger partial charge on any atom is -0.0906 e. The highest BCUT2D eigenvalue weighted by Crippen LogP contribution is 1.92. The quantitative estimate of drug-likeness (QED) is 0.288. The van der Waals surface area contributed by atoms with Crippen LogP contribution in [-0.4, -0.2) is 6.04 Å². The summed E-state index contributed by atoms with van der Waals surface area (Å²) in [5, 5.41) is 3.31. The molecule has 0 aromatic heterocycles. The fourth-order valence-electron chi connectivity index (χ4n) is 0.155. The van der Waals surface area contributed by atoms with Gasteiger partial charge >= 0.3 is 0 Å². The van der Waals surface area contributed by atoms with Gasteiger partial charge in [-0.3, -0.25) is 0 Å². The standard InChI is InChI=1S/C4H8N3/c1-3-4(2)6-7-5/h4H,2-3H2,1H3. The fourth-order valence-corrected chi connectivity index (χ4v) is 0.155. The van der Waals surface area contributed by atoms with E-state index in [2.05, 4.69) is 16.9 Å². The minimum absolute atomic E-state index is 0.0926. The number of hydrogen-bond acceptors (Lipinski definition) is 1. The van der Waals surface area contributed by atoms with Gasteiger partial charge in [-0.15, -0.1) is 0 Å². The van der Waals surface area contributed by atoms with Crippen molar-refractivity contribution in [2.75, 3.05) is 0 Å². The number of rotatable bonds is 2. The Hall–Kier alpha value is -0.690. The molecule has 0 aliphatic carbocycles. The lowest BCUT2D eigenvalue weighted by Gasteiger charge is -1.91. The van der Waals surface area contributed by atoms with E-state index in [9.17, 15) is 0 Å². The second-order valence-electron chi connectivity index (χ2n) is 1.27. The second-order valence-corrected chi connectivity index (χ2v) is 1.27. The van der Waals surface area contributed by atoms with Crippen molar-refractivity contribution in [3.05, 3.63) is 17.4 Å². The van der Waals surface area contributed by atoms with Gasteiger partial charge in [-0.25, -0.2) is 0 Å². The van der Waals surface area contributed by atoms with Crippen LogP contribution in [0.25, 0.3) is 10.4 Å². The van der Waals surface area contributed by atoms with Crippen LogP contribution in [0.1, 0.15) is 13.3 Å². The van der Waals surface area contributed by atoms with Gasteiger partial charge in [0.05, 0.1) is 0 Å². The molecule has 0 fully saturated rings. The van der Waals surface area contributed by atoms with Gasteiger partial charge in [-0.1, -0.05) is 12.0 Å². The average Bonchev–Trinajstić information content (AvgIpc) is 1.68. The predicted octanol–water partition coefficient (Wildman–Crippen LogP) is 1.91. The third kappa shape index (κ3) is 3.13. The molecule has 0 aliphatic heterocycles. The minimum atomic E-state index is -0.0926. The molecular formula is C4H8N3. The lowest BCUT2D eigenvalue weighted by Crippen LogP contribution is -1.90. The molecule has 7 heavy (non-hydrogen) atoms. The molecule has 0 spiro atoms. The first kappa shape index (κ1) is 6.31. The molecule has 1 unspecified atom stereocenters. The van der Waals surface area contributed by atoms with Crippen LogP contribution >= 0.6 is 0 Å². The Balaban J connectivity index is 3.35. The second kappa shape index (κ2) is 3.50. The van der Waals surface area contributed by atoms with E-state index < -0.39 is 0 Å². The first-order chi connectivity index (χ1) is 3.31. The highest BCUT2D eigenvalue weighted by Gasteiger charge is 1.88. The maximum absolute atomic E-state index is 7.79. The van der Waals surface area contributed by atoms with Gasteiger partial charge in [0.2, 0.25) is 0 Å². The number of nitrogens with zero attached hydrogens (tertiary/aromatic N) is 3. The summed E-state index contributed by atoms with van der Waals surface area (Å²) in [6, 6.07) is -0.0926. The first-order valence-corrected chi connectivity index (χ1v) is 2.18. The van der Waals surface area contributed by atoms with Crippen molar-refractivity contribution in [1.29, 1.82) is 0 Å². The SMILES string of the molecule is [CH2]C(CC)N=[N+]=[N-]. The van der Waals surface area contributed by atoms with Gasteiger partial charge in [-0.2, -0.15) is 0 Å². The van der Waals surface area contributed by atoms with Crippen molar-refractivity contribution in [3.8, 4) is 0 Å². The van der Waals surface area contributed by atoms with Crippen LogP contribution in [-0.2, 0) is 0 Å². The zero-order valence-electron chi connectivity index (χ0n) is 4.33. The number of hydrogen-bond donors (Lipinski definition) is 0. The molecule has 0 aromatic rings. The molecule has 3 heteroatoms. The summed E-state index contributed by atoms with van der Waals surface area (Å²) < 4.78 is 0. The highest BCUT2D eigenvalue weighted by atomic mass is 15.1. The monoisotopic (exact) mass is 98.1 g/mol. The van der Waals surface area contributed by atoms with Crippen LogP contribution in [0.2, 0.25) is 0 Å². The molecule has 3 nitrogen and oxygen atoms in total. The molecular weight excluding hydrogens is 90.1 g/mol. The van der Waals surface area contributed by atoms with Gasteiger partial charge in [0.1, 0.15) is 0 Å². The lowest BCUT2D eigenvalue weighted by molar-refractivity contribution is 0.772. The molecule has 0 saturated carbocycles. The van der Waals surface area contributed by atoms with Crippen molar-refractivity contribution in [2.24, 2.45) is 5.11 Å². The Kier molecular flexibility index (Phi) is 3.15. The topological polar surface area (TPSA) is 48.8 Å². The van der Waals surface area contributed by atoms with Gasteiger partial charge in [0.15, 0.2) is 0 Å². The van der Waals surface area contributed by atoms with Gasteiger partial charge in [0.25, 0.3) is 0 Å². The molecule has 1 atom stereocenters. The summed E-state index contributed by atoms with van der Waals surface area (Å²) in [5.41, 5.74) is 7.79. The Morgan fingerprint density at radius 2 is 2.57 bits per heavy atom. The predicted molar refractivity (Wildman–Crippen MR) is 28.6 cm³/mol. The zero-order chi connectivity index (χ0) is 5.70. The van der Waals surface area contributed by atoms with E-state index in [1.807, 2.05) is 6.92 Å². The maximum Gasteiger partial charge on any atom is 0.0371 e. The van der Waals surface area contributed by atoms with Crippen LogP contribution in [0.5, 0.6) is 0 Å². The molecule has 1 radical (unpaired) electrons. The van der Waals surface area contributed by atoms with Gasteiger partial charge in [-0.05, 0) is 18.9 Å². The molecule has 0 saturated heterocycles. The molecule has 0 N–H and O–H groups in total. The molecule has 0 amide bonds. The van der Waals surface area contributed by atoms with E-state index in [0.29, 0.717) is 0 Å². The van der Waals surface area contributed by atoms with Crippen molar-refractivity contribution < 1.29 is 0 Å². The van der Waals surface area contributed by atoms with E-state index in [4.69, 9.17) is 5.53 Å². The third-order valence-electron chi connectivity index (χ3n) is 0.686. The normalized spacial score (nSPS) is 12.3. The molecule has 0 heterocycles. The van der Waals surface area contributed by atoms with Crippen molar-refractivity contribution >= 4 is 0 Å².